The van der Waals surface area contributed by atoms with Crippen molar-refractivity contribution in [3.8, 4) is 0 Å². The Bertz CT molecular complexity index is 353. The number of nitrogens with two attached hydrogens (primary N) is 1. The summed E-state index contributed by atoms with van der Waals surface area (Å²) in [6.45, 7) is 2.35. The molecule has 1 aromatic carbocycles. The molecule has 1 aliphatic rings. The van der Waals surface area contributed by atoms with Gasteiger partial charge in [0, 0.05) is 29.7 Å². The van der Waals surface area contributed by atoms with Crippen molar-refractivity contribution in [3.05, 3.63) is 34.6 Å². The molecule has 0 spiro atoms. The van der Waals surface area contributed by atoms with Crippen LogP contribution in [0.4, 0.5) is 4.39 Å². The first kappa shape index (κ1) is 14.7. The Balaban J connectivity index is 0.00000144. The molecule has 0 amide bonds. The van der Waals surface area contributed by atoms with Gasteiger partial charge < -0.3 is 5.73 Å². The van der Waals surface area contributed by atoms with Crippen LogP contribution in [-0.4, -0.2) is 24.0 Å². The smallest absolute Gasteiger partial charge is 0.129 e. The fourth-order valence-corrected chi connectivity index (χ4v) is 2.36. The van der Waals surface area contributed by atoms with Crippen LogP contribution in [-0.2, 0) is 6.54 Å². The Morgan fingerprint density at radius 2 is 2.24 bits per heavy atom. The second-order valence-electron chi connectivity index (χ2n) is 4.34. The van der Waals surface area contributed by atoms with Gasteiger partial charge in [-0.25, -0.2) is 4.39 Å². The van der Waals surface area contributed by atoms with E-state index in [0.717, 1.165) is 25.9 Å². The maximum absolute atomic E-state index is 13.6. The molecule has 1 atom stereocenters. The van der Waals surface area contributed by atoms with E-state index in [1.165, 1.54) is 6.07 Å². The largest absolute Gasteiger partial charge is 0.327 e. The number of benzene rings is 1. The van der Waals surface area contributed by atoms with Crippen LogP contribution in [0.3, 0.4) is 0 Å². The Morgan fingerprint density at radius 3 is 2.88 bits per heavy atom. The molecular weight excluding hydrogens is 262 g/mol. The molecule has 0 radical (unpaired) electrons. The lowest BCUT2D eigenvalue weighted by molar-refractivity contribution is 0.199. The first-order valence-corrected chi connectivity index (χ1v) is 5.95. The summed E-state index contributed by atoms with van der Waals surface area (Å²) in [5.74, 6) is -0.230. The summed E-state index contributed by atoms with van der Waals surface area (Å²) in [5.41, 5.74) is 6.47. The molecule has 96 valence electrons. The molecule has 0 aromatic heterocycles. The van der Waals surface area contributed by atoms with E-state index in [2.05, 4.69) is 4.90 Å². The van der Waals surface area contributed by atoms with Crippen LogP contribution in [0.2, 0.25) is 5.02 Å². The van der Waals surface area contributed by atoms with E-state index in [9.17, 15) is 4.39 Å². The average molecular weight is 279 g/mol. The molecule has 1 saturated heterocycles. The van der Waals surface area contributed by atoms with Gasteiger partial charge in [0.05, 0.1) is 0 Å². The van der Waals surface area contributed by atoms with Gasteiger partial charge in [-0.15, -0.1) is 12.4 Å². The zero-order valence-electron chi connectivity index (χ0n) is 9.53. The number of nitrogens with zero attached hydrogens (tertiary/aromatic N) is 1. The van der Waals surface area contributed by atoms with Crippen LogP contribution in [0, 0.1) is 5.82 Å². The van der Waals surface area contributed by atoms with E-state index >= 15 is 0 Å². The lowest BCUT2D eigenvalue weighted by Gasteiger charge is -2.30. The monoisotopic (exact) mass is 278 g/mol. The lowest BCUT2D eigenvalue weighted by Crippen LogP contribution is -2.42. The fraction of sp³-hybridized carbons (Fsp3) is 0.500. The minimum atomic E-state index is -0.230. The van der Waals surface area contributed by atoms with E-state index < -0.39 is 0 Å². The number of likely N-dealkylation sites (tertiary alicyclic amines) is 1. The first-order chi connectivity index (χ1) is 7.66. The number of hydrogen-bond acceptors (Lipinski definition) is 2. The van der Waals surface area contributed by atoms with Gasteiger partial charge in [-0.3, -0.25) is 4.90 Å². The topological polar surface area (TPSA) is 29.3 Å². The Labute approximate surface area is 112 Å². The molecule has 1 aliphatic heterocycles. The van der Waals surface area contributed by atoms with Crippen molar-refractivity contribution in [3.63, 3.8) is 0 Å². The maximum Gasteiger partial charge on any atom is 0.129 e. The van der Waals surface area contributed by atoms with Crippen LogP contribution in [0.15, 0.2) is 18.2 Å². The maximum atomic E-state index is 13.6. The lowest BCUT2D eigenvalue weighted by atomic mass is 10.1. The molecule has 5 heteroatoms. The quantitative estimate of drug-likeness (QED) is 0.902. The van der Waals surface area contributed by atoms with E-state index in [-0.39, 0.29) is 24.3 Å². The van der Waals surface area contributed by atoms with Gasteiger partial charge in [0.15, 0.2) is 0 Å². The van der Waals surface area contributed by atoms with Gasteiger partial charge in [-0.1, -0.05) is 17.7 Å². The van der Waals surface area contributed by atoms with E-state index in [0.29, 0.717) is 17.1 Å². The third kappa shape index (κ3) is 3.81. The molecule has 0 bridgehead atoms. The Morgan fingerprint density at radius 1 is 1.47 bits per heavy atom. The average Bonchev–Trinajstić information content (AvgIpc) is 2.24. The van der Waals surface area contributed by atoms with Crippen molar-refractivity contribution in [2.24, 2.45) is 5.73 Å². The molecule has 0 aliphatic carbocycles. The third-order valence-electron chi connectivity index (χ3n) is 2.99. The highest BCUT2D eigenvalue weighted by Gasteiger charge is 2.18. The molecule has 2 rings (SSSR count). The molecule has 1 aromatic rings. The van der Waals surface area contributed by atoms with Crippen LogP contribution >= 0.6 is 24.0 Å². The predicted molar refractivity (Wildman–Crippen MR) is 71.1 cm³/mol. The molecular formula is C12H17Cl2FN2. The number of halogens is 3. The predicted octanol–water partition coefficient (Wildman–Crippen LogP) is 2.82. The van der Waals surface area contributed by atoms with Crippen molar-refractivity contribution in [1.82, 2.24) is 4.90 Å². The molecule has 0 unspecified atom stereocenters. The van der Waals surface area contributed by atoms with Crippen LogP contribution < -0.4 is 5.73 Å². The van der Waals surface area contributed by atoms with E-state index in [1.807, 2.05) is 0 Å². The number of piperidine rings is 1. The summed E-state index contributed by atoms with van der Waals surface area (Å²) in [6.07, 6.45) is 2.13. The first-order valence-electron chi connectivity index (χ1n) is 5.57. The number of hydrogen-bond donors (Lipinski definition) is 1. The van der Waals surface area contributed by atoms with Crippen molar-refractivity contribution in [2.45, 2.75) is 25.4 Å². The van der Waals surface area contributed by atoms with Crippen molar-refractivity contribution in [1.29, 1.82) is 0 Å². The molecule has 2 N–H and O–H groups in total. The Kier molecular flexibility index (Phi) is 5.67. The van der Waals surface area contributed by atoms with E-state index in [1.54, 1.807) is 12.1 Å². The van der Waals surface area contributed by atoms with Crippen LogP contribution in [0.1, 0.15) is 18.4 Å². The highest BCUT2D eigenvalue weighted by molar-refractivity contribution is 6.31. The van der Waals surface area contributed by atoms with Crippen molar-refractivity contribution in [2.75, 3.05) is 13.1 Å². The van der Waals surface area contributed by atoms with Gasteiger partial charge in [0.2, 0.25) is 0 Å². The molecule has 2 nitrogen and oxygen atoms in total. The zero-order valence-corrected chi connectivity index (χ0v) is 11.1. The standard InChI is InChI=1S/C12H16ClFN2.ClH/c13-11-4-1-5-12(14)10(11)8-16-6-2-3-9(15)7-16;/h1,4-5,9H,2-3,6-8,15H2;1H/t9-;/m1./s1. The molecule has 1 heterocycles. The summed E-state index contributed by atoms with van der Waals surface area (Å²) in [4.78, 5) is 2.17. The van der Waals surface area contributed by atoms with Crippen molar-refractivity contribution < 1.29 is 4.39 Å². The van der Waals surface area contributed by atoms with Gasteiger partial charge in [0.25, 0.3) is 0 Å². The van der Waals surface area contributed by atoms with Gasteiger partial charge in [-0.2, -0.15) is 0 Å². The fourth-order valence-electron chi connectivity index (χ4n) is 2.14. The zero-order chi connectivity index (χ0) is 11.5. The molecule has 0 saturated carbocycles. The van der Waals surface area contributed by atoms with Gasteiger partial charge >= 0.3 is 0 Å². The normalized spacial score (nSPS) is 21.0. The second kappa shape index (κ2) is 6.55. The Hall–Kier alpha value is -0.350. The van der Waals surface area contributed by atoms with Crippen molar-refractivity contribution >= 4 is 24.0 Å². The highest BCUT2D eigenvalue weighted by Crippen LogP contribution is 2.22. The number of rotatable bonds is 2. The van der Waals surface area contributed by atoms with Gasteiger partial charge in [-0.05, 0) is 31.5 Å². The highest BCUT2D eigenvalue weighted by atomic mass is 35.5. The minimum Gasteiger partial charge on any atom is -0.327 e. The summed E-state index contributed by atoms with van der Waals surface area (Å²) in [5, 5.41) is 0.499. The second-order valence-corrected chi connectivity index (χ2v) is 4.74. The van der Waals surface area contributed by atoms with Crippen LogP contribution in [0.5, 0.6) is 0 Å². The summed E-state index contributed by atoms with van der Waals surface area (Å²) in [6, 6.07) is 5.01. The summed E-state index contributed by atoms with van der Waals surface area (Å²) < 4.78 is 13.6. The summed E-state index contributed by atoms with van der Waals surface area (Å²) in [7, 11) is 0. The molecule has 17 heavy (non-hydrogen) atoms. The molecule has 1 fully saturated rings. The van der Waals surface area contributed by atoms with E-state index in [4.69, 9.17) is 17.3 Å². The SMILES string of the molecule is Cl.N[C@@H]1CCCN(Cc2c(F)cccc2Cl)C1. The third-order valence-corrected chi connectivity index (χ3v) is 3.34. The summed E-state index contributed by atoms with van der Waals surface area (Å²) >= 11 is 5.99. The van der Waals surface area contributed by atoms with Gasteiger partial charge in [0.1, 0.15) is 5.82 Å². The minimum absolute atomic E-state index is 0. The van der Waals surface area contributed by atoms with Crippen LogP contribution in [0.25, 0.3) is 0 Å².